The molecule has 248 valence electrons. The van der Waals surface area contributed by atoms with Crippen LogP contribution in [0.2, 0.25) is 0 Å². The molecule has 0 atom stereocenters. The van der Waals surface area contributed by atoms with E-state index in [0.29, 0.717) is 0 Å². The van der Waals surface area contributed by atoms with E-state index in [2.05, 4.69) is 96.5 Å². The van der Waals surface area contributed by atoms with E-state index < -0.39 is 0 Å². The molecule has 0 radical (unpaired) electrons. The van der Waals surface area contributed by atoms with Gasteiger partial charge < -0.3 is 15.8 Å². The average Bonchev–Trinajstić information content (AvgIpc) is 3.66. The number of carbonyl (C=O) groups is 2. The molecule has 0 saturated heterocycles. The summed E-state index contributed by atoms with van der Waals surface area (Å²) in [6.45, 7) is 10.4. The van der Waals surface area contributed by atoms with Crippen LogP contribution in [0.15, 0.2) is 60.9 Å². The number of aromatic nitrogens is 2. The number of unbranched alkanes of at least 4 members (excludes halogenated alkanes) is 3. The minimum Gasteiger partial charge on any atom is -0.369 e. The molecule has 0 aliphatic heterocycles. The van der Waals surface area contributed by atoms with Gasteiger partial charge in [-0.25, -0.2) is 9.97 Å². The highest BCUT2D eigenvalue weighted by Crippen LogP contribution is 2.32. The van der Waals surface area contributed by atoms with Crippen LogP contribution in [0.5, 0.6) is 0 Å². The summed E-state index contributed by atoms with van der Waals surface area (Å²) in [5.74, 6) is 0.111. The highest BCUT2D eigenvalue weighted by Gasteiger charge is 2.26. The van der Waals surface area contributed by atoms with Crippen LogP contribution in [0, 0.1) is 5.92 Å². The number of primary amides is 1. The van der Waals surface area contributed by atoms with Gasteiger partial charge in [0.2, 0.25) is 5.91 Å². The van der Waals surface area contributed by atoms with E-state index in [1.807, 2.05) is 12.4 Å². The SMILES string of the molecule is CCCCCC=O.CCCNCc1ncc(-c2ccc(-c3ccc(-c4cnc(CN(C)CCC)s4)cc3)cc2)s1.NC(=O)C1CC1. The van der Waals surface area contributed by atoms with Crippen LogP contribution in [0.4, 0.5) is 0 Å². The zero-order valence-corrected chi connectivity index (χ0v) is 29.6. The molecule has 0 bridgehead atoms. The van der Waals surface area contributed by atoms with Gasteiger partial charge in [0.1, 0.15) is 16.3 Å². The first-order chi connectivity index (χ1) is 22.4. The third-order valence-electron chi connectivity index (χ3n) is 7.40. The van der Waals surface area contributed by atoms with Gasteiger partial charge in [-0.1, -0.05) is 82.1 Å². The largest absolute Gasteiger partial charge is 0.369 e. The van der Waals surface area contributed by atoms with E-state index in [1.54, 1.807) is 22.7 Å². The van der Waals surface area contributed by atoms with Crippen LogP contribution in [-0.2, 0) is 22.7 Å². The highest BCUT2D eigenvalue weighted by atomic mass is 32.1. The molecular weight excluding hydrogens is 611 g/mol. The summed E-state index contributed by atoms with van der Waals surface area (Å²) < 4.78 is 0. The minimum atomic E-state index is -0.130. The molecular formula is C37H51N5O2S2. The molecule has 2 aromatic carbocycles. The van der Waals surface area contributed by atoms with Gasteiger partial charge in [0.25, 0.3) is 0 Å². The van der Waals surface area contributed by atoms with Crippen LogP contribution in [-0.4, -0.2) is 47.2 Å². The Morgan fingerprint density at radius 1 is 0.848 bits per heavy atom. The first kappa shape index (κ1) is 37.2. The lowest BCUT2D eigenvalue weighted by Gasteiger charge is -2.12. The van der Waals surface area contributed by atoms with Gasteiger partial charge in [0, 0.05) is 31.3 Å². The average molecular weight is 662 g/mol. The Morgan fingerprint density at radius 3 is 1.85 bits per heavy atom. The first-order valence-corrected chi connectivity index (χ1v) is 18.2. The Balaban J connectivity index is 0.000000369. The number of nitrogens with two attached hydrogens (primary N) is 1. The van der Waals surface area contributed by atoms with Crippen LogP contribution < -0.4 is 11.1 Å². The maximum Gasteiger partial charge on any atom is 0.220 e. The minimum absolute atomic E-state index is 0.130. The molecule has 1 saturated carbocycles. The van der Waals surface area contributed by atoms with Crippen molar-refractivity contribution in [3.8, 4) is 32.0 Å². The number of benzene rings is 2. The zero-order chi connectivity index (χ0) is 33.1. The Labute approximate surface area is 283 Å². The van der Waals surface area contributed by atoms with Gasteiger partial charge in [-0.05, 0) is 74.5 Å². The number of nitrogens with zero attached hydrogens (tertiary/aromatic N) is 3. The smallest absolute Gasteiger partial charge is 0.220 e. The molecule has 0 unspecified atom stereocenters. The van der Waals surface area contributed by atoms with Crippen molar-refractivity contribution in [3.63, 3.8) is 0 Å². The third kappa shape index (κ3) is 13.2. The molecule has 4 aromatic rings. The van der Waals surface area contributed by atoms with Crippen molar-refractivity contribution < 1.29 is 9.59 Å². The van der Waals surface area contributed by atoms with E-state index in [0.717, 1.165) is 69.6 Å². The number of carbonyl (C=O) groups excluding carboxylic acids is 2. The molecule has 1 aliphatic carbocycles. The first-order valence-electron chi connectivity index (χ1n) is 16.6. The number of aldehydes is 1. The number of thiazole rings is 2. The highest BCUT2D eigenvalue weighted by molar-refractivity contribution is 7.15. The quantitative estimate of drug-likeness (QED) is 0.0922. The topological polar surface area (TPSA) is 101 Å². The molecule has 5 rings (SSSR count). The lowest BCUT2D eigenvalue weighted by atomic mass is 10.0. The zero-order valence-electron chi connectivity index (χ0n) is 28.0. The molecule has 0 spiro atoms. The molecule has 3 N–H and O–H groups in total. The Hall–Kier alpha value is -3.24. The summed E-state index contributed by atoms with van der Waals surface area (Å²) in [6.07, 6.45) is 13.5. The number of hydrogen-bond donors (Lipinski definition) is 2. The van der Waals surface area contributed by atoms with Crippen molar-refractivity contribution >= 4 is 34.9 Å². The molecule has 1 fully saturated rings. The van der Waals surface area contributed by atoms with Gasteiger partial charge in [0.05, 0.1) is 16.3 Å². The van der Waals surface area contributed by atoms with Crippen molar-refractivity contribution in [3.05, 3.63) is 70.9 Å². The molecule has 1 amide bonds. The normalized spacial score (nSPS) is 12.2. The fraction of sp³-hybridized carbons (Fsp3) is 0.459. The number of amides is 1. The van der Waals surface area contributed by atoms with E-state index in [-0.39, 0.29) is 11.8 Å². The van der Waals surface area contributed by atoms with Gasteiger partial charge in [-0.2, -0.15) is 0 Å². The van der Waals surface area contributed by atoms with Crippen molar-refractivity contribution in [2.24, 2.45) is 11.7 Å². The second-order valence-electron chi connectivity index (χ2n) is 11.6. The van der Waals surface area contributed by atoms with Crippen LogP contribution in [0.3, 0.4) is 0 Å². The summed E-state index contributed by atoms with van der Waals surface area (Å²) in [5, 5.41) is 5.73. The fourth-order valence-corrected chi connectivity index (χ4v) is 6.50. The van der Waals surface area contributed by atoms with E-state index in [1.165, 1.54) is 56.3 Å². The molecule has 7 nitrogen and oxygen atoms in total. The predicted molar refractivity (Wildman–Crippen MR) is 195 cm³/mol. The van der Waals surface area contributed by atoms with Crippen molar-refractivity contribution in [2.75, 3.05) is 20.1 Å². The summed E-state index contributed by atoms with van der Waals surface area (Å²) >= 11 is 3.55. The molecule has 9 heteroatoms. The molecule has 2 aromatic heterocycles. The number of hydrogen-bond acceptors (Lipinski definition) is 8. The van der Waals surface area contributed by atoms with Gasteiger partial charge in [0.15, 0.2) is 0 Å². The maximum atomic E-state index is 9.98. The van der Waals surface area contributed by atoms with Gasteiger partial charge in [-0.15, -0.1) is 22.7 Å². The summed E-state index contributed by atoms with van der Waals surface area (Å²) in [6, 6.07) is 17.6. The Morgan fingerprint density at radius 2 is 1.39 bits per heavy atom. The number of rotatable bonds is 16. The fourth-order valence-electron chi connectivity index (χ4n) is 4.61. The number of nitrogens with one attached hydrogen (secondary N) is 1. The lowest BCUT2D eigenvalue weighted by molar-refractivity contribution is -0.119. The predicted octanol–water partition coefficient (Wildman–Crippen LogP) is 8.59. The van der Waals surface area contributed by atoms with Crippen molar-refractivity contribution in [1.82, 2.24) is 20.2 Å². The maximum absolute atomic E-state index is 9.98. The molecule has 1 aliphatic rings. The molecule has 46 heavy (non-hydrogen) atoms. The standard InChI is InChI=1S/C27H32N4S2.C6H12O.C4H7NO/c1-4-14-28-18-26-29-16-24(32-26)22-10-6-20(7-11-22)21-8-12-23(13-9-21)25-17-30-27(33-25)19-31(3)15-5-2;1-2-3-4-5-6-7;5-4(6)3-1-2-3/h6-13,16-17,28H,4-5,14-15,18-19H2,1-3H3;6H,2-5H2,1H3;3H,1-2H2,(H2,5,6). The molecule has 2 heterocycles. The van der Waals surface area contributed by atoms with Crippen LogP contribution in [0.1, 0.15) is 82.2 Å². The van der Waals surface area contributed by atoms with E-state index in [4.69, 9.17) is 5.73 Å². The third-order valence-corrected chi connectivity index (χ3v) is 9.48. The van der Waals surface area contributed by atoms with Crippen LogP contribution >= 0.6 is 22.7 Å². The summed E-state index contributed by atoms with van der Waals surface area (Å²) in [7, 11) is 2.16. The second kappa shape index (κ2) is 20.8. The van der Waals surface area contributed by atoms with E-state index >= 15 is 0 Å². The second-order valence-corrected chi connectivity index (χ2v) is 13.9. The van der Waals surface area contributed by atoms with Gasteiger partial charge >= 0.3 is 0 Å². The van der Waals surface area contributed by atoms with Crippen molar-refractivity contribution in [2.45, 2.75) is 85.2 Å². The van der Waals surface area contributed by atoms with Gasteiger partial charge in [-0.3, -0.25) is 9.69 Å². The van der Waals surface area contributed by atoms with Crippen LogP contribution in [0.25, 0.3) is 32.0 Å². The Bertz CT molecular complexity index is 1430. The Kier molecular flexibility index (Phi) is 16.8. The van der Waals surface area contributed by atoms with E-state index in [9.17, 15) is 9.59 Å². The summed E-state index contributed by atoms with van der Waals surface area (Å²) in [4.78, 5) is 33.6. The summed E-state index contributed by atoms with van der Waals surface area (Å²) in [5.41, 5.74) is 9.76. The van der Waals surface area contributed by atoms with Crippen molar-refractivity contribution in [1.29, 1.82) is 0 Å². The monoisotopic (exact) mass is 661 g/mol. The lowest BCUT2D eigenvalue weighted by Crippen LogP contribution is -2.18.